The number of nitrogens with zero attached hydrogens (tertiary/aromatic N) is 2. The molecule has 31 heavy (non-hydrogen) atoms. The maximum absolute atomic E-state index is 13.1. The highest BCUT2D eigenvalue weighted by Crippen LogP contribution is 2.37. The monoisotopic (exact) mass is 504 g/mol. The normalized spacial score (nSPS) is 29.1. The molecule has 170 valence electrons. The summed E-state index contributed by atoms with van der Waals surface area (Å²) < 4.78 is 51.1. The van der Waals surface area contributed by atoms with Crippen LogP contribution in [0.25, 0.3) is 0 Å². The van der Waals surface area contributed by atoms with Crippen LogP contribution in [0.5, 0.6) is 5.75 Å². The van der Waals surface area contributed by atoms with Gasteiger partial charge in [0.05, 0.1) is 22.2 Å². The summed E-state index contributed by atoms with van der Waals surface area (Å²) in [7, 11) is 0. The summed E-state index contributed by atoms with van der Waals surface area (Å²) in [6, 6.07) is 2.87. The number of Topliss-reactive ketones (excluding diaryl/α,β-unsaturated/α-hetero) is 1. The summed E-state index contributed by atoms with van der Waals surface area (Å²) in [5.41, 5.74) is -0.781. The molecule has 0 aliphatic carbocycles. The minimum absolute atomic E-state index is 0.0185. The first-order chi connectivity index (χ1) is 14.6. The molecular formula is C21H24BrF3N2O4. The molecule has 0 unspecified atom stereocenters. The van der Waals surface area contributed by atoms with Gasteiger partial charge in [-0.05, 0) is 47.5 Å². The Morgan fingerprint density at radius 1 is 1.26 bits per heavy atom. The average Bonchev–Trinajstić information content (AvgIpc) is 3.07. The van der Waals surface area contributed by atoms with Gasteiger partial charge in [0.1, 0.15) is 18.5 Å². The minimum Gasteiger partial charge on any atom is -0.487 e. The zero-order valence-corrected chi connectivity index (χ0v) is 18.6. The van der Waals surface area contributed by atoms with Crippen molar-refractivity contribution in [3.05, 3.63) is 28.2 Å². The Hall–Kier alpha value is -1.81. The molecule has 0 saturated carbocycles. The number of piperidine rings is 1. The summed E-state index contributed by atoms with van der Waals surface area (Å²) in [6.07, 6.45) is -3.20. The number of benzene rings is 1. The number of hydrogen-bond donors (Lipinski definition) is 0. The predicted molar refractivity (Wildman–Crippen MR) is 109 cm³/mol. The zero-order chi connectivity index (χ0) is 22.3. The molecule has 0 radical (unpaired) electrons. The van der Waals surface area contributed by atoms with Crippen molar-refractivity contribution in [3.63, 3.8) is 0 Å². The number of alkyl halides is 3. The molecule has 4 atom stereocenters. The van der Waals surface area contributed by atoms with Crippen LogP contribution in [0.2, 0.25) is 0 Å². The van der Waals surface area contributed by atoms with Crippen molar-refractivity contribution in [2.24, 2.45) is 5.92 Å². The largest absolute Gasteiger partial charge is 0.487 e. The van der Waals surface area contributed by atoms with E-state index in [1.54, 1.807) is 9.80 Å². The van der Waals surface area contributed by atoms with Gasteiger partial charge in [0, 0.05) is 38.4 Å². The van der Waals surface area contributed by atoms with Gasteiger partial charge in [0.2, 0.25) is 0 Å². The van der Waals surface area contributed by atoms with Crippen molar-refractivity contribution < 1.29 is 32.2 Å². The number of amides is 2. The van der Waals surface area contributed by atoms with E-state index in [-0.39, 0.29) is 42.2 Å². The van der Waals surface area contributed by atoms with E-state index in [0.717, 1.165) is 12.1 Å². The van der Waals surface area contributed by atoms with Gasteiger partial charge in [0.15, 0.2) is 5.78 Å². The average molecular weight is 505 g/mol. The minimum atomic E-state index is -4.46. The van der Waals surface area contributed by atoms with E-state index in [1.165, 1.54) is 6.07 Å². The zero-order valence-electron chi connectivity index (χ0n) is 17.0. The highest BCUT2D eigenvalue weighted by atomic mass is 79.9. The van der Waals surface area contributed by atoms with Crippen LogP contribution in [0.1, 0.15) is 31.7 Å². The number of rotatable bonds is 2. The maximum atomic E-state index is 13.1. The molecule has 4 rings (SSSR count). The summed E-state index contributed by atoms with van der Waals surface area (Å²) in [6.45, 7) is 3.49. The summed E-state index contributed by atoms with van der Waals surface area (Å²) in [5.74, 6) is 0.190. The second-order valence-corrected chi connectivity index (χ2v) is 9.25. The molecule has 3 heterocycles. The van der Waals surface area contributed by atoms with Gasteiger partial charge in [-0.2, -0.15) is 13.2 Å². The van der Waals surface area contributed by atoms with Crippen molar-refractivity contribution in [2.45, 2.75) is 50.6 Å². The van der Waals surface area contributed by atoms with E-state index in [2.05, 4.69) is 15.9 Å². The number of likely N-dealkylation sites (tertiary alicyclic amines) is 2. The van der Waals surface area contributed by atoms with Crippen LogP contribution in [-0.4, -0.2) is 66.1 Å². The SMILES string of the molecule is C[C@H]1[C@H](Oc2cc(C(F)(F)F)ccc2Br)CCN1C(=O)N1CC[C@@H]2OCC(=O)C[C@@H]2C1. The van der Waals surface area contributed by atoms with Gasteiger partial charge >= 0.3 is 12.2 Å². The molecule has 6 nitrogen and oxygen atoms in total. The molecule has 3 aliphatic rings. The van der Waals surface area contributed by atoms with Crippen LogP contribution in [0.4, 0.5) is 18.0 Å². The second-order valence-electron chi connectivity index (χ2n) is 8.39. The fraction of sp³-hybridized carbons (Fsp3) is 0.619. The summed E-state index contributed by atoms with van der Waals surface area (Å²) in [5, 5.41) is 0. The third-order valence-electron chi connectivity index (χ3n) is 6.35. The standard InChI is InChI=1S/C21H24BrF3N2O4/c1-12-17(31-19-9-14(21(23,24)25)2-3-16(19)22)5-7-27(12)20(29)26-6-4-18-13(10-26)8-15(28)11-30-18/h2-3,9,12-13,17-18H,4-8,10-11H2,1H3/t12-,13+,17+,18-/m0/s1. The van der Waals surface area contributed by atoms with Crippen LogP contribution in [0, 0.1) is 5.92 Å². The highest BCUT2D eigenvalue weighted by Gasteiger charge is 2.42. The lowest BCUT2D eigenvalue weighted by Gasteiger charge is -2.42. The van der Waals surface area contributed by atoms with Gasteiger partial charge in [-0.1, -0.05) is 0 Å². The van der Waals surface area contributed by atoms with E-state index < -0.39 is 17.8 Å². The van der Waals surface area contributed by atoms with Gasteiger partial charge in [-0.3, -0.25) is 4.79 Å². The first kappa shape index (κ1) is 22.4. The number of halogens is 4. The highest BCUT2D eigenvalue weighted by molar-refractivity contribution is 9.10. The molecule has 2 amide bonds. The predicted octanol–water partition coefficient (Wildman–Crippen LogP) is 4.11. The van der Waals surface area contributed by atoms with Gasteiger partial charge in [0.25, 0.3) is 0 Å². The molecular weight excluding hydrogens is 481 g/mol. The molecule has 1 aromatic carbocycles. The van der Waals surface area contributed by atoms with Gasteiger partial charge in [-0.15, -0.1) is 0 Å². The number of hydrogen-bond acceptors (Lipinski definition) is 4. The Morgan fingerprint density at radius 3 is 2.77 bits per heavy atom. The first-order valence-electron chi connectivity index (χ1n) is 10.4. The Labute approximate surface area is 186 Å². The number of carbonyl (C=O) groups is 2. The lowest BCUT2D eigenvalue weighted by Crippen LogP contribution is -2.54. The lowest BCUT2D eigenvalue weighted by molar-refractivity contribution is -0.140. The Bertz CT molecular complexity index is 866. The fourth-order valence-electron chi connectivity index (χ4n) is 4.61. The van der Waals surface area contributed by atoms with Crippen molar-refractivity contribution >= 4 is 27.7 Å². The van der Waals surface area contributed by atoms with Crippen LogP contribution in [-0.2, 0) is 15.7 Å². The Morgan fingerprint density at radius 2 is 2.03 bits per heavy atom. The third kappa shape index (κ3) is 4.69. The summed E-state index contributed by atoms with van der Waals surface area (Å²) >= 11 is 3.25. The molecule has 0 bridgehead atoms. The van der Waals surface area contributed by atoms with Crippen molar-refractivity contribution in [3.8, 4) is 5.75 Å². The molecule has 0 spiro atoms. The van der Waals surface area contributed by atoms with Crippen LogP contribution in [0.15, 0.2) is 22.7 Å². The van der Waals surface area contributed by atoms with Crippen LogP contribution < -0.4 is 4.74 Å². The van der Waals surface area contributed by atoms with Crippen molar-refractivity contribution in [1.82, 2.24) is 9.80 Å². The fourth-order valence-corrected chi connectivity index (χ4v) is 4.95. The maximum Gasteiger partial charge on any atom is 0.416 e. The number of urea groups is 1. The van der Waals surface area contributed by atoms with Gasteiger partial charge < -0.3 is 19.3 Å². The first-order valence-corrected chi connectivity index (χ1v) is 11.1. The topological polar surface area (TPSA) is 59.1 Å². The van der Waals surface area contributed by atoms with E-state index in [4.69, 9.17) is 9.47 Å². The number of ether oxygens (including phenoxy) is 2. The van der Waals surface area contributed by atoms with E-state index in [9.17, 15) is 22.8 Å². The number of fused-ring (bicyclic) bond motifs is 1. The van der Waals surface area contributed by atoms with Crippen molar-refractivity contribution in [1.29, 1.82) is 0 Å². The second kappa shape index (κ2) is 8.61. The molecule has 0 aromatic heterocycles. The molecule has 3 saturated heterocycles. The Balaban J connectivity index is 1.41. The number of carbonyl (C=O) groups excluding carboxylic acids is 2. The molecule has 0 N–H and O–H groups in total. The van der Waals surface area contributed by atoms with Crippen molar-refractivity contribution in [2.75, 3.05) is 26.2 Å². The van der Waals surface area contributed by atoms with E-state index >= 15 is 0 Å². The molecule has 3 fully saturated rings. The molecule has 1 aromatic rings. The van der Waals surface area contributed by atoms with Crippen LogP contribution >= 0.6 is 15.9 Å². The molecule has 10 heteroatoms. The quantitative estimate of drug-likeness (QED) is 0.608. The lowest BCUT2D eigenvalue weighted by atomic mass is 9.88. The molecule has 3 aliphatic heterocycles. The summed E-state index contributed by atoms with van der Waals surface area (Å²) in [4.78, 5) is 28.3. The van der Waals surface area contributed by atoms with E-state index in [0.29, 0.717) is 43.4 Å². The Kier molecular flexibility index (Phi) is 6.22. The number of ketones is 1. The van der Waals surface area contributed by atoms with E-state index in [1.807, 2.05) is 6.92 Å². The third-order valence-corrected chi connectivity index (χ3v) is 7.00. The smallest absolute Gasteiger partial charge is 0.416 e. The van der Waals surface area contributed by atoms with Gasteiger partial charge in [-0.25, -0.2) is 4.79 Å². The van der Waals surface area contributed by atoms with Crippen LogP contribution in [0.3, 0.4) is 0 Å².